The molecule has 21 heavy (non-hydrogen) atoms. The number of ether oxygens (including phenoxy) is 1. The van der Waals surface area contributed by atoms with Gasteiger partial charge in [-0.05, 0) is 30.7 Å². The molecule has 0 fully saturated rings. The first kappa shape index (κ1) is 14.1. The highest BCUT2D eigenvalue weighted by atomic mass is 19.1. The average Bonchev–Trinajstić information content (AvgIpc) is 2.50. The molecule has 0 aromatic heterocycles. The van der Waals surface area contributed by atoms with Gasteiger partial charge < -0.3 is 10.1 Å². The van der Waals surface area contributed by atoms with E-state index in [-0.39, 0.29) is 17.9 Å². The van der Waals surface area contributed by atoms with Crippen molar-refractivity contribution in [2.45, 2.75) is 25.9 Å². The highest BCUT2D eigenvalue weighted by Crippen LogP contribution is 2.36. The van der Waals surface area contributed by atoms with Crippen LogP contribution in [0.3, 0.4) is 0 Å². The van der Waals surface area contributed by atoms with Crippen LogP contribution in [0.25, 0.3) is 0 Å². The molecule has 1 N–H and O–H groups in total. The molecule has 3 heteroatoms. The van der Waals surface area contributed by atoms with E-state index < -0.39 is 0 Å². The molecule has 110 valence electrons. The Kier molecular flexibility index (Phi) is 3.93. The summed E-state index contributed by atoms with van der Waals surface area (Å²) in [6.45, 7) is 4.94. The fraction of sp³-hybridized carbons (Fsp3) is 0.333. The molecule has 1 aliphatic heterocycles. The molecule has 0 bridgehead atoms. The maximum absolute atomic E-state index is 13.4. The van der Waals surface area contributed by atoms with Crippen molar-refractivity contribution >= 4 is 0 Å². The quantitative estimate of drug-likeness (QED) is 0.910. The molecule has 3 rings (SSSR count). The first-order valence-corrected chi connectivity index (χ1v) is 7.38. The van der Waals surface area contributed by atoms with Crippen molar-refractivity contribution in [1.82, 2.24) is 5.32 Å². The second-order valence-electron chi connectivity index (χ2n) is 5.75. The molecule has 3 atom stereocenters. The molecule has 1 heterocycles. The van der Waals surface area contributed by atoms with E-state index in [0.29, 0.717) is 12.5 Å². The van der Waals surface area contributed by atoms with E-state index in [2.05, 4.69) is 25.2 Å². The number of fused-ring (bicyclic) bond motifs is 1. The van der Waals surface area contributed by atoms with E-state index in [1.54, 1.807) is 12.1 Å². The van der Waals surface area contributed by atoms with Gasteiger partial charge in [0.2, 0.25) is 0 Å². The summed E-state index contributed by atoms with van der Waals surface area (Å²) in [4.78, 5) is 0. The Labute approximate surface area is 125 Å². The van der Waals surface area contributed by atoms with Gasteiger partial charge >= 0.3 is 0 Å². The van der Waals surface area contributed by atoms with E-state index in [0.717, 1.165) is 11.3 Å². The second kappa shape index (κ2) is 5.86. The van der Waals surface area contributed by atoms with E-state index >= 15 is 0 Å². The van der Waals surface area contributed by atoms with Gasteiger partial charge in [-0.25, -0.2) is 4.39 Å². The van der Waals surface area contributed by atoms with Crippen LogP contribution < -0.4 is 10.1 Å². The lowest BCUT2D eigenvalue weighted by molar-refractivity contribution is 0.182. The summed E-state index contributed by atoms with van der Waals surface area (Å²) in [5.41, 5.74) is 2.14. The van der Waals surface area contributed by atoms with Gasteiger partial charge in [0.1, 0.15) is 11.6 Å². The van der Waals surface area contributed by atoms with Crippen LogP contribution in [0.5, 0.6) is 5.75 Å². The van der Waals surface area contributed by atoms with Crippen molar-refractivity contribution in [2.75, 3.05) is 6.61 Å². The molecule has 0 amide bonds. The molecule has 1 aliphatic rings. The van der Waals surface area contributed by atoms with Gasteiger partial charge in [0, 0.05) is 23.6 Å². The Balaban J connectivity index is 1.84. The van der Waals surface area contributed by atoms with Crippen molar-refractivity contribution in [3.05, 3.63) is 65.5 Å². The van der Waals surface area contributed by atoms with Crippen molar-refractivity contribution in [2.24, 2.45) is 5.92 Å². The number of rotatable bonds is 3. The van der Waals surface area contributed by atoms with Crippen LogP contribution in [0.15, 0.2) is 48.5 Å². The van der Waals surface area contributed by atoms with Crippen LogP contribution in [-0.2, 0) is 0 Å². The molecule has 0 aliphatic carbocycles. The molecular formula is C18H20FNO. The minimum Gasteiger partial charge on any atom is -0.493 e. The summed E-state index contributed by atoms with van der Waals surface area (Å²) in [6.07, 6.45) is 0. The number of para-hydroxylation sites is 1. The van der Waals surface area contributed by atoms with E-state index in [4.69, 9.17) is 4.74 Å². The van der Waals surface area contributed by atoms with Crippen LogP contribution in [0, 0.1) is 11.7 Å². The fourth-order valence-corrected chi connectivity index (χ4v) is 2.89. The van der Waals surface area contributed by atoms with Gasteiger partial charge in [-0.3, -0.25) is 0 Å². The predicted octanol–water partition coefficient (Wildman–Crippen LogP) is 4.25. The monoisotopic (exact) mass is 285 g/mol. The molecule has 2 aromatic carbocycles. The zero-order valence-electron chi connectivity index (χ0n) is 12.3. The Morgan fingerprint density at radius 2 is 2.00 bits per heavy atom. The van der Waals surface area contributed by atoms with Gasteiger partial charge in [-0.2, -0.15) is 0 Å². The van der Waals surface area contributed by atoms with Gasteiger partial charge in [-0.15, -0.1) is 0 Å². The van der Waals surface area contributed by atoms with Crippen LogP contribution in [0.2, 0.25) is 0 Å². The molecule has 0 spiro atoms. The smallest absolute Gasteiger partial charge is 0.124 e. The molecule has 0 radical (unpaired) electrons. The lowest BCUT2D eigenvalue weighted by Crippen LogP contribution is -2.35. The van der Waals surface area contributed by atoms with Crippen molar-refractivity contribution < 1.29 is 9.13 Å². The SMILES string of the molecule is CC1COc2ccccc2C1N[C@H](C)c1cccc(F)c1. The van der Waals surface area contributed by atoms with Gasteiger partial charge in [0.15, 0.2) is 0 Å². The van der Waals surface area contributed by atoms with Gasteiger partial charge in [0.05, 0.1) is 6.61 Å². The number of hydrogen-bond acceptors (Lipinski definition) is 2. The Morgan fingerprint density at radius 1 is 1.19 bits per heavy atom. The molecule has 2 unspecified atom stereocenters. The van der Waals surface area contributed by atoms with Crippen molar-refractivity contribution in [1.29, 1.82) is 0 Å². The van der Waals surface area contributed by atoms with Crippen molar-refractivity contribution in [3.8, 4) is 5.75 Å². The summed E-state index contributed by atoms with van der Waals surface area (Å²) in [6, 6.07) is 15.2. The van der Waals surface area contributed by atoms with Crippen LogP contribution in [0.1, 0.15) is 37.1 Å². The highest BCUT2D eigenvalue weighted by Gasteiger charge is 2.28. The van der Waals surface area contributed by atoms with E-state index in [1.165, 1.54) is 11.6 Å². The molecule has 2 aromatic rings. The highest BCUT2D eigenvalue weighted by molar-refractivity contribution is 5.38. The first-order valence-electron chi connectivity index (χ1n) is 7.38. The minimum absolute atomic E-state index is 0.0827. The second-order valence-corrected chi connectivity index (χ2v) is 5.75. The summed E-state index contributed by atoms with van der Waals surface area (Å²) < 4.78 is 19.1. The minimum atomic E-state index is -0.193. The third-order valence-corrected chi connectivity index (χ3v) is 4.10. The third kappa shape index (κ3) is 2.93. The Bertz CT molecular complexity index is 628. The Hall–Kier alpha value is -1.87. The lowest BCUT2D eigenvalue weighted by atomic mass is 9.91. The van der Waals surface area contributed by atoms with Crippen molar-refractivity contribution in [3.63, 3.8) is 0 Å². The van der Waals surface area contributed by atoms with Gasteiger partial charge in [0.25, 0.3) is 0 Å². The maximum Gasteiger partial charge on any atom is 0.124 e. The summed E-state index contributed by atoms with van der Waals surface area (Å²) in [5.74, 6) is 1.12. The van der Waals surface area contributed by atoms with E-state index in [1.807, 2.05) is 24.3 Å². The van der Waals surface area contributed by atoms with Gasteiger partial charge in [-0.1, -0.05) is 37.3 Å². The largest absolute Gasteiger partial charge is 0.493 e. The number of benzene rings is 2. The van der Waals surface area contributed by atoms with Crippen LogP contribution in [0.4, 0.5) is 4.39 Å². The fourth-order valence-electron chi connectivity index (χ4n) is 2.89. The molecule has 0 saturated heterocycles. The molecule has 0 saturated carbocycles. The van der Waals surface area contributed by atoms with E-state index in [9.17, 15) is 4.39 Å². The Morgan fingerprint density at radius 3 is 2.81 bits per heavy atom. The zero-order valence-corrected chi connectivity index (χ0v) is 12.3. The first-order chi connectivity index (χ1) is 10.1. The summed E-state index contributed by atoms with van der Waals surface area (Å²) >= 11 is 0. The summed E-state index contributed by atoms with van der Waals surface area (Å²) in [7, 11) is 0. The maximum atomic E-state index is 13.4. The topological polar surface area (TPSA) is 21.3 Å². The number of hydrogen-bond donors (Lipinski definition) is 1. The van der Waals surface area contributed by atoms with Crippen LogP contribution >= 0.6 is 0 Å². The summed E-state index contributed by atoms with van der Waals surface area (Å²) in [5, 5.41) is 3.62. The lowest BCUT2D eigenvalue weighted by Gasteiger charge is -2.34. The predicted molar refractivity (Wildman–Crippen MR) is 81.8 cm³/mol. The number of nitrogens with one attached hydrogen (secondary N) is 1. The molecule has 2 nitrogen and oxygen atoms in total. The number of halogens is 1. The third-order valence-electron chi connectivity index (χ3n) is 4.10. The zero-order chi connectivity index (χ0) is 14.8. The standard InChI is InChI=1S/C18H20FNO/c1-12-11-21-17-9-4-3-8-16(17)18(12)20-13(2)14-6-5-7-15(19)10-14/h3-10,12-13,18,20H,11H2,1-2H3/t12?,13-,18?/m1/s1. The van der Waals surface area contributed by atoms with Crippen LogP contribution in [-0.4, -0.2) is 6.61 Å². The molecular weight excluding hydrogens is 265 g/mol. The normalized spacial score (nSPS) is 22.2. The average molecular weight is 285 g/mol.